The number of aromatic nitrogens is 2. The summed E-state index contributed by atoms with van der Waals surface area (Å²) in [6.45, 7) is 1.61. The zero-order valence-electron chi connectivity index (χ0n) is 9.32. The zero-order valence-corrected chi connectivity index (χ0v) is 9.32. The Morgan fingerprint density at radius 1 is 1.22 bits per heavy atom. The lowest BCUT2D eigenvalue weighted by atomic mass is 10.3. The standard InChI is InChI=1S/C12H7F2N3O/c1-7-16-6-8(5-15)12(17-7)18-11-3-9(13)2-10(14)4-11/h2-4,6H,1H3. The van der Waals surface area contributed by atoms with Gasteiger partial charge in [0.25, 0.3) is 0 Å². The minimum Gasteiger partial charge on any atom is -0.437 e. The second-order valence-electron chi connectivity index (χ2n) is 3.46. The Morgan fingerprint density at radius 2 is 1.89 bits per heavy atom. The Balaban J connectivity index is 2.39. The Bertz CT molecular complexity index is 617. The van der Waals surface area contributed by atoms with E-state index < -0.39 is 11.6 Å². The summed E-state index contributed by atoms with van der Waals surface area (Å²) in [5, 5.41) is 8.84. The fourth-order valence-electron chi connectivity index (χ4n) is 1.30. The highest BCUT2D eigenvalue weighted by Gasteiger charge is 2.09. The molecule has 1 heterocycles. The third kappa shape index (κ3) is 2.58. The molecule has 0 spiro atoms. The van der Waals surface area contributed by atoms with Crippen LogP contribution in [0.2, 0.25) is 0 Å². The minimum absolute atomic E-state index is 0.0324. The van der Waals surface area contributed by atoms with Gasteiger partial charge in [0.05, 0.1) is 6.20 Å². The van der Waals surface area contributed by atoms with E-state index in [0.717, 1.165) is 18.2 Å². The molecule has 0 unspecified atom stereocenters. The van der Waals surface area contributed by atoms with Crippen molar-refractivity contribution >= 4 is 0 Å². The van der Waals surface area contributed by atoms with Crippen molar-refractivity contribution in [2.75, 3.05) is 0 Å². The number of benzene rings is 1. The van der Waals surface area contributed by atoms with Gasteiger partial charge in [0.15, 0.2) is 0 Å². The largest absolute Gasteiger partial charge is 0.437 e. The van der Waals surface area contributed by atoms with E-state index in [1.165, 1.54) is 6.20 Å². The minimum atomic E-state index is -0.769. The van der Waals surface area contributed by atoms with Gasteiger partial charge in [0, 0.05) is 18.2 Å². The highest BCUT2D eigenvalue weighted by Crippen LogP contribution is 2.24. The van der Waals surface area contributed by atoms with Gasteiger partial charge < -0.3 is 4.74 Å². The highest BCUT2D eigenvalue weighted by molar-refractivity contribution is 5.39. The molecule has 2 rings (SSSR count). The van der Waals surface area contributed by atoms with Crippen molar-refractivity contribution in [2.45, 2.75) is 6.92 Å². The number of nitrogens with zero attached hydrogens (tertiary/aromatic N) is 3. The average Bonchev–Trinajstić information content (AvgIpc) is 2.27. The monoisotopic (exact) mass is 247 g/mol. The van der Waals surface area contributed by atoms with E-state index in [2.05, 4.69) is 9.97 Å². The highest BCUT2D eigenvalue weighted by atomic mass is 19.1. The SMILES string of the molecule is Cc1ncc(C#N)c(Oc2cc(F)cc(F)c2)n1. The van der Waals surface area contributed by atoms with E-state index in [0.29, 0.717) is 5.82 Å². The maximum Gasteiger partial charge on any atom is 0.240 e. The first kappa shape index (κ1) is 11.9. The summed E-state index contributed by atoms with van der Waals surface area (Å²) in [5.41, 5.74) is 0.0882. The topological polar surface area (TPSA) is 58.8 Å². The van der Waals surface area contributed by atoms with E-state index >= 15 is 0 Å². The second kappa shape index (κ2) is 4.75. The average molecular weight is 247 g/mol. The van der Waals surface area contributed by atoms with Crippen molar-refractivity contribution in [1.82, 2.24) is 9.97 Å². The van der Waals surface area contributed by atoms with E-state index in [-0.39, 0.29) is 17.2 Å². The molecule has 0 aliphatic rings. The van der Waals surface area contributed by atoms with E-state index in [4.69, 9.17) is 10.00 Å². The third-order valence-electron chi connectivity index (χ3n) is 2.05. The summed E-state index contributed by atoms with van der Waals surface area (Å²) in [6, 6.07) is 4.56. The molecule has 0 saturated carbocycles. The van der Waals surface area contributed by atoms with Crippen molar-refractivity contribution in [3.63, 3.8) is 0 Å². The van der Waals surface area contributed by atoms with Crippen LogP contribution in [0, 0.1) is 29.9 Å². The van der Waals surface area contributed by atoms with Gasteiger partial charge in [-0.05, 0) is 6.92 Å². The molecule has 6 heteroatoms. The molecule has 0 bridgehead atoms. The molecule has 1 aromatic heterocycles. The van der Waals surface area contributed by atoms with Gasteiger partial charge in [-0.3, -0.25) is 0 Å². The Labute approximate surface area is 101 Å². The first-order valence-electron chi connectivity index (χ1n) is 4.96. The Hall–Kier alpha value is -2.55. The van der Waals surface area contributed by atoms with Gasteiger partial charge in [0.2, 0.25) is 5.88 Å². The maximum absolute atomic E-state index is 13.0. The lowest BCUT2D eigenvalue weighted by Gasteiger charge is -2.06. The number of rotatable bonds is 2. The van der Waals surface area contributed by atoms with Gasteiger partial charge in [-0.25, -0.2) is 13.8 Å². The molecule has 0 amide bonds. The van der Waals surface area contributed by atoms with Crippen LogP contribution in [0.25, 0.3) is 0 Å². The molecule has 4 nitrogen and oxygen atoms in total. The van der Waals surface area contributed by atoms with Crippen LogP contribution in [0.15, 0.2) is 24.4 Å². The smallest absolute Gasteiger partial charge is 0.240 e. The number of hydrogen-bond acceptors (Lipinski definition) is 4. The molecule has 90 valence electrons. The van der Waals surface area contributed by atoms with Crippen molar-refractivity contribution in [3.8, 4) is 17.7 Å². The van der Waals surface area contributed by atoms with Crippen LogP contribution in [0.3, 0.4) is 0 Å². The summed E-state index contributed by atoms with van der Waals surface area (Å²) in [6.07, 6.45) is 1.29. The van der Waals surface area contributed by atoms with Crippen LogP contribution in [-0.2, 0) is 0 Å². The summed E-state index contributed by atoms with van der Waals surface area (Å²) in [7, 11) is 0. The predicted molar refractivity (Wildman–Crippen MR) is 57.9 cm³/mol. The molecule has 0 fully saturated rings. The zero-order chi connectivity index (χ0) is 13.1. The Kier molecular flexibility index (Phi) is 3.15. The molecule has 2 aromatic rings. The molecule has 18 heavy (non-hydrogen) atoms. The molecular weight excluding hydrogens is 240 g/mol. The number of hydrogen-bond donors (Lipinski definition) is 0. The van der Waals surface area contributed by atoms with Gasteiger partial charge in [-0.2, -0.15) is 10.2 Å². The van der Waals surface area contributed by atoms with Crippen LogP contribution in [0.5, 0.6) is 11.6 Å². The van der Waals surface area contributed by atoms with Crippen molar-refractivity contribution in [3.05, 3.63) is 47.4 Å². The first-order valence-corrected chi connectivity index (χ1v) is 4.96. The van der Waals surface area contributed by atoms with Gasteiger partial charge in [-0.1, -0.05) is 0 Å². The predicted octanol–water partition coefficient (Wildman–Crippen LogP) is 2.73. The lowest BCUT2D eigenvalue weighted by molar-refractivity contribution is 0.447. The summed E-state index contributed by atoms with van der Waals surface area (Å²) >= 11 is 0. The molecule has 0 saturated heterocycles. The van der Waals surface area contributed by atoms with Crippen molar-refractivity contribution < 1.29 is 13.5 Å². The lowest BCUT2D eigenvalue weighted by Crippen LogP contribution is -1.97. The molecule has 0 N–H and O–H groups in total. The summed E-state index contributed by atoms with van der Waals surface area (Å²) in [4.78, 5) is 7.72. The van der Waals surface area contributed by atoms with E-state index in [9.17, 15) is 8.78 Å². The van der Waals surface area contributed by atoms with Crippen LogP contribution in [0.4, 0.5) is 8.78 Å². The number of aryl methyl sites for hydroxylation is 1. The van der Waals surface area contributed by atoms with Gasteiger partial charge in [-0.15, -0.1) is 0 Å². The quantitative estimate of drug-likeness (QED) is 0.818. The molecule has 0 aliphatic heterocycles. The Morgan fingerprint density at radius 3 is 2.50 bits per heavy atom. The summed E-state index contributed by atoms with van der Waals surface area (Å²) in [5.74, 6) is -1.25. The van der Waals surface area contributed by atoms with Crippen LogP contribution in [-0.4, -0.2) is 9.97 Å². The van der Waals surface area contributed by atoms with Crippen molar-refractivity contribution in [1.29, 1.82) is 5.26 Å². The fraction of sp³-hybridized carbons (Fsp3) is 0.0833. The normalized spacial score (nSPS) is 9.89. The van der Waals surface area contributed by atoms with E-state index in [1.807, 2.05) is 6.07 Å². The fourth-order valence-corrected chi connectivity index (χ4v) is 1.30. The molecule has 0 atom stereocenters. The van der Waals surface area contributed by atoms with Crippen LogP contribution in [0.1, 0.15) is 11.4 Å². The summed E-state index contributed by atoms with van der Waals surface area (Å²) < 4.78 is 31.1. The maximum atomic E-state index is 13.0. The molecule has 1 aromatic carbocycles. The van der Waals surface area contributed by atoms with Crippen LogP contribution < -0.4 is 4.74 Å². The van der Waals surface area contributed by atoms with Gasteiger partial charge in [0.1, 0.15) is 34.8 Å². The molecule has 0 aliphatic carbocycles. The van der Waals surface area contributed by atoms with Crippen LogP contribution >= 0.6 is 0 Å². The number of nitriles is 1. The van der Waals surface area contributed by atoms with E-state index in [1.54, 1.807) is 6.92 Å². The second-order valence-corrected chi connectivity index (χ2v) is 3.46. The molecule has 0 radical (unpaired) electrons. The van der Waals surface area contributed by atoms with Crippen molar-refractivity contribution in [2.24, 2.45) is 0 Å². The molecular formula is C12H7F2N3O. The van der Waals surface area contributed by atoms with Gasteiger partial charge >= 0.3 is 0 Å². The number of ether oxygens (including phenoxy) is 1. The number of halogens is 2. The first-order chi connectivity index (χ1) is 8.58. The third-order valence-corrected chi connectivity index (χ3v) is 2.05.